The van der Waals surface area contributed by atoms with Gasteiger partial charge in [0, 0.05) is 16.7 Å². The molecule has 2 unspecified atom stereocenters. The summed E-state index contributed by atoms with van der Waals surface area (Å²) >= 11 is 4.24. The fourth-order valence-electron chi connectivity index (χ4n) is 8.27. The Hall–Kier alpha value is -2.19. The summed E-state index contributed by atoms with van der Waals surface area (Å²) in [5.41, 5.74) is -3.18. The summed E-state index contributed by atoms with van der Waals surface area (Å²) in [6.45, 7) is 5.81. The molecule has 1 aromatic rings. The van der Waals surface area contributed by atoms with Gasteiger partial charge in [-0.1, -0.05) is 19.9 Å². The van der Waals surface area contributed by atoms with Gasteiger partial charge in [-0.2, -0.15) is 0 Å². The fourth-order valence-corrected chi connectivity index (χ4v) is 8.79. The maximum absolute atomic E-state index is 15.6. The predicted octanol–water partition coefficient (Wildman–Crippen LogP) is 4.26. The number of epoxide rings is 1. The van der Waals surface area contributed by atoms with E-state index in [0.717, 1.165) is 0 Å². The third-order valence-corrected chi connectivity index (χ3v) is 10.1. The number of alkyl halides is 1. The molecule has 8 heteroatoms. The van der Waals surface area contributed by atoms with Crippen LogP contribution in [0, 0.1) is 28.6 Å². The Morgan fingerprint density at radius 1 is 1.24 bits per heavy atom. The lowest BCUT2D eigenvalue weighted by atomic mass is 9.46. The molecule has 6 rings (SSSR count). The van der Waals surface area contributed by atoms with Crippen LogP contribution in [0.1, 0.15) is 50.6 Å². The van der Waals surface area contributed by atoms with Crippen LogP contribution in [-0.2, 0) is 19.1 Å². The molecule has 4 fully saturated rings. The van der Waals surface area contributed by atoms with Gasteiger partial charge in [-0.05, 0) is 67.9 Å². The summed E-state index contributed by atoms with van der Waals surface area (Å²) in [4.78, 5) is 38.2. The summed E-state index contributed by atoms with van der Waals surface area (Å²) in [5, 5.41) is -0.513. The average molecular weight is 487 g/mol. The number of ether oxygens (including phenoxy) is 2. The van der Waals surface area contributed by atoms with E-state index >= 15 is 4.39 Å². The van der Waals surface area contributed by atoms with E-state index in [1.165, 1.54) is 24.5 Å². The van der Waals surface area contributed by atoms with Crippen molar-refractivity contribution in [3.05, 3.63) is 48.0 Å². The van der Waals surface area contributed by atoms with Crippen molar-refractivity contribution in [2.24, 2.45) is 28.6 Å². The summed E-state index contributed by atoms with van der Waals surface area (Å²) < 4.78 is 33.3. The van der Waals surface area contributed by atoms with Crippen LogP contribution < -0.4 is 0 Å². The zero-order valence-electron chi connectivity index (χ0n) is 19.2. The molecule has 0 N–H and O–H groups in total. The fraction of sp³-hybridized carbons (Fsp3) is 0.577. The van der Waals surface area contributed by atoms with Crippen molar-refractivity contribution >= 4 is 29.5 Å². The third kappa shape index (κ3) is 2.39. The minimum atomic E-state index is -1.50. The molecule has 34 heavy (non-hydrogen) atoms. The number of carbonyl (C=O) groups excluding carboxylic acids is 3. The zero-order valence-corrected chi connectivity index (χ0v) is 20.1. The van der Waals surface area contributed by atoms with E-state index in [1.807, 2.05) is 20.8 Å². The highest BCUT2D eigenvalue weighted by Crippen LogP contribution is 2.77. The van der Waals surface area contributed by atoms with Crippen molar-refractivity contribution < 1.29 is 32.7 Å². The third-order valence-electron chi connectivity index (χ3n) is 9.75. The number of hydrogen-bond donors (Lipinski definition) is 1. The van der Waals surface area contributed by atoms with Gasteiger partial charge in [0.15, 0.2) is 11.4 Å². The van der Waals surface area contributed by atoms with Crippen molar-refractivity contribution in [2.45, 2.75) is 63.5 Å². The van der Waals surface area contributed by atoms with Crippen LogP contribution in [0.5, 0.6) is 0 Å². The molecule has 1 aliphatic heterocycles. The number of thiol groups is 1. The second kappa shape index (κ2) is 6.72. The lowest BCUT2D eigenvalue weighted by Gasteiger charge is -2.56. The van der Waals surface area contributed by atoms with E-state index in [2.05, 4.69) is 12.6 Å². The molecule has 0 amide bonds. The van der Waals surface area contributed by atoms with Gasteiger partial charge in [0.25, 0.3) is 0 Å². The highest BCUT2D eigenvalue weighted by atomic mass is 32.1. The molecule has 3 saturated carbocycles. The van der Waals surface area contributed by atoms with Gasteiger partial charge < -0.3 is 13.9 Å². The highest BCUT2D eigenvalue weighted by Gasteiger charge is 2.83. The van der Waals surface area contributed by atoms with Crippen LogP contribution in [0.25, 0.3) is 0 Å². The molecule has 9 atom stereocenters. The largest absolute Gasteiger partial charge is 0.457 e. The minimum Gasteiger partial charge on any atom is -0.457 e. The topological polar surface area (TPSA) is 86.1 Å². The van der Waals surface area contributed by atoms with E-state index in [0.29, 0.717) is 18.4 Å². The van der Waals surface area contributed by atoms with Crippen molar-refractivity contribution in [2.75, 3.05) is 0 Å². The minimum absolute atomic E-state index is 0.0156. The van der Waals surface area contributed by atoms with Crippen LogP contribution in [0.2, 0.25) is 0 Å². The van der Waals surface area contributed by atoms with E-state index in [9.17, 15) is 14.4 Å². The number of hydrogen-bond acceptors (Lipinski definition) is 6. The van der Waals surface area contributed by atoms with Gasteiger partial charge >= 0.3 is 5.97 Å². The Bertz CT molecular complexity index is 1170. The van der Waals surface area contributed by atoms with Crippen molar-refractivity contribution in [3.63, 3.8) is 0 Å². The van der Waals surface area contributed by atoms with Crippen LogP contribution in [0.4, 0.5) is 4.39 Å². The Morgan fingerprint density at radius 2 is 2.00 bits per heavy atom. The summed E-state index contributed by atoms with van der Waals surface area (Å²) in [5.74, 6) is -1.57. The summed E-state index contributed by atoms with van der Waals surface area (Å²) in [7, 11) is 0. The Balaban J connectivity index is 1.44. The molecule has 6 nitrogen and oxygen atoms in total. The number of halogens is 1. The molecule has 0 radical (unpaired) electrons. The molecule has 0 bridgehead atoms. The first-order valence-corrected chi connectivity index (χ1v) is 12.2. The number of ketones is 1. The van der Waals surface area contributed by atoms with E-state index in [1.54, 1.807) is 12.1 Å². The first-order valence-electron chi connectivity index (χ1n) is 11.8. The van der Waals surface area contributed by atoms with Crippen LogP contribution in [0.3, 0.4) is 0 Å². The van der Waals surface area contributed by atoms with Crippen molar-refractivity contribution in [3.8, 4) is 0 Å². The maximum Gasteiger partial charge on any atom is 0.375 e. The second-order valence-corrected chi connectivity index (χ2v) is 11.4. The van der Waals surface area contributed by atoms with E-state index in [4.69, 9.17) is 13.9 Å². The zero-order chi connectivity index (χ0) is 24.3. The van der Waals surface area contributed by atoms with E-state index < -0.39 is 39.3 Å². The SMILES string of the molecule is C[C@@H]1CC2C3C[C@H](F)C4=CC(=O)C=C[C@]4(C)[C@@]34O[C@@H]4C[C@]2(C)[C@@]1(OC(=O)c1ccco1)C(=O)S. The second-order valence-electron chi connectivity index (χ2n) is 11.0. The van der Waals surface area contributed by atoms with Crippen LogP contribution in [-0.4, -0.2) is 40.3 Å². The van der Waals surface area contributed by atoms with Gasteiger partial charge in [-0.3, -0.25) is 9.59 Å². The predicted molar refractivity (Wildman–Crippen MR) is 122 cm³/mol. The Kier molecular flexibility index (Phi) is 4.41. The van der Waals surface area contributed by atoms with Crippen LogP contribution >= 0.6 is 12.6 Å². The lowest BCUT2D eigenvalue weighted by Crippen LogP contribution is -2.63. The number of fused-ring (bicyclic) bond motifs is 3. The lowest BCUT2D eigenvalue weighted by molar-refractivity contribution is -0.156. The van der Waals surface area contributed by atoms with Gasteiger partial charge in [-0.15, -0.1) is 12.6 Å². The molecule has 1 saturated heterocycles. The molecule has 1 aromatic heterocycles. The van der Waals surface area contributed by atoms with Gasteiger partial charge in [-0.25, -0.2) is 9.18 Å². The van der Waals surface area contributed by atoms with Gasteiger partial charge in [0.05, 0.1) is 12.4 Å². The van der Waals surface area contributed by atoms with E-state index in [-0.39, 0.29) is 41.8 Å². The standard InChI is InChI=1S/C26H27FO6S/c1-13-9-15-16-11-18(27)17-10-14(28)6-7-23(17,2)26(16)20(32-26)12-24(15,3)25(13,22(30)34)33-21(29)19-5-4-8-31-19/h4-8,10,13,15-16,18,20H,9,11-12H2,1-3H3,(H,30,34)/t13-,15?,16?,18+,20-,23+,24+,25+,26-/m1/s1. The molecular formula is C26H27FO6S. The molecular weight excluding hydrogens is 459 g/mol. The summed E-state index contributed by atoms with van der Waals surface area (Å²) in [6, 6.07) is 3.08. The molecule has 1 spiro atoms. The number of furan rings is 1. The molecule has 0 aromatic carbocycles. The normalized spacial score (nSPS) is 48.2. The monoisotopic (exact) mass is 486 g/mol. The maximum atomic E-state index is 15.6. The molecule has 180 valence electrons. The average Bonchev–Trinajstić information content (AvgIpc) is 3.15. The first kappa shape index (κ1) is 22.3. The number of rotatable bonds is 3. The quantitative estimate of drug-likeness (QED) is 0.390. The van der Waals surface area contributed by atoms with Crippen LogP contribution in [0.15, 0.2) is 46.6 Å². The smallest absolute Gasteiger partial charge is 0.375 e. The Labute approximate surface area is 202 Å². The number of esters is 1. The molecule has 2 heterocycles. The summed E-state index contributed by atoms with van der Waals surface area (Å²) in [6.07, 6.45) is 5.81. The highest BCUT2D eigenvalue weighted by molar-refractivity contribution is 7.96. The van der Waals surface area contributed by atoms with Crippen molar-refractivity contribution in [1.29, 1.82) is 0 Å². The van der Waals surface area contributed by atoms with Gasteiger partial charge in [0.2, 0.25) is 10.9 Å². The van der Waals surface area contributed by atoms with Gasteiger partial charge in [0.1, 0.15) is 11.8 Å². The number of allylic oxidation sites excluding steroid dienone is 2. The molecule has 4 aliphatic carbocycles. The molecule has 5 aliphatic rings. The Morgan fingerprint density at radius 3 is 2.68 bits per heavy atom. The van der Waals surface area contributed by atoms with Crippen molar-refractivity contribution in [1.82, 2.24) is 0 Å². The first-order chi connectivity index (χ1) is 16.0. The number of carbonyl (C=O) groups is 3.